The minimum absolute atomic E-state index is 0.460. The zero-order chi connectivity index (χ0) is 15.5. The van der Waals surface area contributed by atoms with Crippen molar-refractivity contribution in [1.82, 2.24) is 0 Å². The molecule has 0 amide bonds. The molecule has 0 N–H and O–H groups in total. The van der Waals surface area contributed by atoms with E-state index in [0.29, 0.717) is 22.3 Å². The fraction of sp³-hybridized carbons (Fsp3) is 0.222. The van der Waals surface area contributed by atoms with Gasteiger partial charge in [0, 0.05) is 21.5 Å². The van der Waals surface area contributed by atoms with Gasteiger partial charge in [-0.25, -0.2) is 8.78 Å². The summed E-state index contributed by atoms with van der Waals surface area (Å²) in [5.74, 6) is 0.927. The first-order chi connectivity index (χ1) is 10.8. The third-order valence-electron chi connectivity index (χ3n) is 3.80. The van der Waals surface area contributed by atoms with E-state index in [4.69, 9.17) is 9.47 Å². The van der Waals surface area contributed by atoms with Crippen LogP contribution in [0.3, 0.4) is 0 Å². The molecule has 3 rings (SSSR count). The summed E-state index contributed by atoms with van der Waals surface area (Å²) < 4.78 is 36.1. The predicted octanol–water partition coefficient (Wildman–Crippen LogP) is 5.17. The second-order valence-electron chi connectivity index (χ2n) is 4.94. The molecule has 22 heavy (non-hydrogen) atoms. The van der Waals surface area contributed by atoms with Gasteiger partial charge in [-0.15, -0.1) is 0 Å². The number of ether oxygens (including phenoxy) is 2. The molecule has 3 aromatic carbocycles. The van der Waals surface area contributed by atoms with Gasteiger partial charge < -0.3 is 9.47 Å². The summed E-state index contributed by atoms with van der Waals surface area (Å²) in [6, 6.07) is 13.1. The van der Waals surface area contributed by atoms with Crippen molar-refractivity contribution in [2.75, 3.05) is 13.7 Å². The molecule has 0 fully saturated rings. The minimum atomic E-state index is -0.919. The fourth-order valence-corrected chi connectivity index (χ4v) is 2.79. The average Bonchev–Trinajstić information content (AvgIpc) is 2.57. The monoisotopic (exact) mass is 302 g/mol. The zero-order valence-corrected chi connectivity index (χ0v) is 12.2. The van der Waals surface area contributed by atoms with Crippen LogP contribution in [0, 0.1) is 0 Å². The summed E-state index contributed by atoms with van der Waals surface area (Å²) in [5.41, 5.74) is 1.10. The van der Waals surface area contributed by atoms with Gasteiger partial charge in [0.05, 0.1) is 0 Å². The normalized spacial score (nSPS) is 11.0. The number of benzene rings is 3. The zero-order valence-electron chi connectivity index (χ0n) is 12.2. The summed E-state index contributed by atoms with van der Waals surface area (Å²) >= 11 is 0. The van der Waals surface area contributed by atoms with Crippen LogP contribution in [-0.4, -0.2) is 13.7 Å². The Kier molecular flexibility index (Phi) is 4.09. The maximum absolute atomic E-state index is 12.9. The van der Waals surface area contributed by atoms with E-state index in [0.717, 1.165) is 22.8 Å². The maximum atomic E-state index is 12.9. The molecule has 0 saturated carbocycles. The number of rotatable bonds is 5. The number of halogens is 2. The summed E-state index contributed by atoms with van der Waals surface area (Å²) in [7, 11) is 0. The lowest BCUT2D eigenvalue weighted by Crippen LogP contribution is -1.98. The molecule has 3 aromatic rings. The molecule has 0 aliphatic rings. The standard InChI is InChI=1S/C18H16F2O2/c1-2-12-7-8-15-16(9-12)18(22-11-20)14-6-4-3-5-13(14)17(15)21-10-19/h3-9H,2,10-11H2,1H3. The van der Waals surface area contributed by atoms with E-state index in [1.807, 2.05) is 49.4 Å². The summed E-state index contributed by atoms with van der Waals surface area (Å²) in [5, 5.41) is 2.88. The molecule has 0 unspecified atom stereocenters. The van der Waals surface area contributed by atoms with Gasteiger partial charge in [-0.05, 0) is 18.1 Å². The molecule has 0 aliphatic carbocycles. The fourth-order valence-electron chi connectivity index (χ4n) is 2.79. The molecule has 0 radical (unpaired) electrons. The quantitative estimate of drug-likeness (QED) is 0.606. The van der Waals surface area contributed by atoms with Crippen molar-refractivity contribution in [3.63, 3.8) is 0 Å². The smallest absolute Gasteiger partial charge is 0.228 e. The number of hydrogen-bond acceptors (Lipinski definition) is 2. The van der Waals surface area contributed by atoms with Crippen LogP contribution in [0.15, 0.2) is 42.5 Å². The molecular weight excluding hydrogens is 286 g/mol. The van der Waals surface area contributed by atoms with Crippen LogP contribution in [0.2, 0.25) is 0 Å². The van der Waals surface area contributed by atoms with Crippen molar-refractivity contribution in [2.45, 2.75) is 13.3 Å². The molecule has 4 heteroatoms. The van der Waals surface area contributed by atoms with E-state index >= 15 is 0 Å². The molecule has 0 heterocycles. The third-order valence-corrected chi connectivity index (χ3v) is 3.80. The van der Waals surface area contributed by atoms with Crippen molar-refractivity contribution in [2.24, 2.45) is 0 Å². The summed E-state index contributed by atoms with van der Waals surface area (Å²) in [4.78, 5) is 0. The lowest BCUT2D eigenvalue weighted by atomic mass is 9.98. The highest BCUT2D eigenvalue weighted by molar-refractivity contribution is 6.11. The van der Waals surface area contributed by atoms with E-state index in [1.54, 1.807) is 0 Å². The van der Waals surface area contributed by atoms with E-state index in [9.17, 15) is 8.78 Å². The molecule has 0 aliphatic heterocycles. The van der Waals surface area contributed by atoms with Gasteiger partial charge in [0.25, 0.3) is 0 Å². The van der Waals surface area contributed by atoms with Gasteiger partial charge >= 0.3 is 0 Å². The first-order valence-electron chi connectivity index (χ1n) is 7.15. The van der Waals surface area contributed by atoms with Crippen molar-refractivity contribution in [3.8, 4) is 11.5 Å². The van der Waals surface area contributed by atoms with E-state index in [2.05, 4.69) is 0 Å². The maximum Gasteiger partial charge on any atom is 0.228 e. The second kappa shape index (κ2) is 6.18. The highest BCUT2D eigenvalue weighted by Crippen LogP contribution is 2.43. The molecule has 0 aromatic heterocycles. The largest absolute Gasteiger partial charge is 0.462 e. The Morgan fingerprint density at radius 1 is 0.773 bits per heavy atom. The van der Waals surface area contributed by atoms with Crippen molar-refractivity contribution in [1.29, 1.82) is 0 Å². The molecule has 0 saturated heterocycles. The van der Waals surface area contributed by atoms with E-state index in [1.165, 1.54) is 0 Å². The first kappa shape index (κ1) is 14.6. The molecule has 114 valence electrons. The van der Waals surface area contributed by atoms with Crippen LogP contribution in [0.4, 0.5) is 8.78 Å². The Morgan fingerprint density at radius 3 is 1.86 bits per heavy atom. The second-order valence-corrected chi connectivity index (χ2v) is 4.94. The Hall–Kier alpha value is -2.36. The Balaban J connectivity index is 2.46. The first-order valence-corrected chi connectivity index (χ1v) is 7.15. The highest BCUT2D eigenvalue weighted by atomic mass is 19.1. The Bertz CT molecular complexity index is 815. The van der Waals surface area contributed by atoms with E-state index in [-0.39, 0.29) is 0 Å². The number of aryl methyl sites for hydroxylation is 1. The highest BCUT2D eigenvalue weighted by Gasteiger charge is 2.16. The Morgan fingerprint density at radius 2 is 1.32 bits per heavy atom. The van der Waals surface area contributed by atoms with Crippen LogP contribution < -0.4 is 9.47 Å². The topological polar surface area (TPSA) is 18.5 Å². The molecular formula is C18H16F2O2. The number of alkyl halides is 2. The average molecular weight is 302 g/mol. The van der Waals surface area contributed by atoms with Gasteiger partial charge in [0.15, 0.2) is 0 Å². The van der Waals surface area contributed by atoms with Crippen LogP contribution in [0.1, 0.15) is 12.5 Å². The number of fused-ring (bicyclic) bond motifs is 2. The van der Waals surface area contributed by atoms with Crippen molar-refractivity contribution < 1.29 is 18.3 Å². The van der Waals surface area contributed by atoms with Gasteiger partial charge in [-0.1, -0.05) is 43.3 Å². The van der Waals surface area contributed by atoms with Crippen LogP contribution in [-0.2, 0) is 6.42 Å². The van der Waals surface area contributed by atoms with Gasteiger partial charge in [0.1, 0.15) is 11.5 Å². The molecule has 0 bridgehead atoms. The van der Waals surface area contributed by atoms with Gasteiger partial charge in [-0.2, -0.15) is 0 Å². The lowest BCUT2D eigenvalue weighted by molar-refractivity contribution is 0.192. The lowest BCUT2D eigenvalue weighted by Gasteiger charge is -2.16. The van der Waals surface area contributed by atoms with Crippen molar-refractivity contribution >= 4 is 21.5 Å². The Labute approximate surface area is 127 Å². The molecule has 0 atom stereocenters. The molecule has 2 nitrogen and oxygen atoms in total. The SMILES string of the molecule is CCc1ccc2c(OCF)c3ccccc3c(OCF)c2c1. The summed E-state index contributed by atoms with van der Waals surface area (Å²) in [6.45, 7) is 0.202. The van der Waals surface area contributed by atoms with Crippen LogP contribution in [0.5, 0.6) is 11.5 Å². The third kappa shape index (κ3) is 2.34. The van der Waals surface area contributed by atoms with Gasteiger partial charge in [0.2, 0.25) is 13.7 Å². The predicted molar refractivity (Wildman–Crippen MR) is 84.0 cm³/mol. The summed E-state index contributed by atoms with van der Waals surface area (Å²) in [6.07, 6.45) is 0.844. The van der Waals surface area contributed by atoms with Crippen LogP contribution >= 0.6 is 0 Å². The van der Waals surface area contributed by atoms with Crippen LogP contribution in [0.25, 0.3) is 21.5 Å². The van der Waals surface area contributed by atoms with Crippen molar-refractivity contribution in [3.05, 3.63) is 48.0 Å². The minimum Gasteiger partial charge on any atom is -0.462 e. The molecule has 0 spiro atoms. The van der Waals surface area contributed by atoms with E-state index < -0.39 is 13.7 Å². The van der Waals surface area contributed by atoms with Gasteiger partial charge in [-0.3, -0.25) is 0 Å². The number of hydrogen-bond donors (Lipinski definition) is 0.